The summed E-state index contributed by atoms with van der Waals surface area (Å²) in [5.41, 5.74) is 2.09. The van der Waals surface area contributed by atoms with Gasteiger partial charge in [0, 0.05) is 17.1 Å². The molecule has 0 fully saturated rings. The Morgan fingerprint density at radius 2 is 2.17 bits per heavy atom. The summed E-state index contributed by atoms with van der Waals surface area (Å²) in [6.45, 7) is 2.40. The maximum atomic E-state index is 12.1. The van der Waals surface area contributed by atoms with Crippen molar-refractivity contribution < 1.29 is 4.79 Å². The zero-order valence-corrected chi connectivity index (χ0v) is 14.3. The molecule has 6 heteroatoms. The lowest BCUT2D eigenvalue weighted by atomic mass is 10.1. The SMILES string of the molecule is Cc1ccc(C#N)cc1NC(=O)NC[C@H](c1cccs1)N(C)C. The summed E-state index contributed by atoms with van der Waals surface area (Å²) in [7, 11) is 3.98. The Kier molecular flexibility index (Phi) is 5.74. The Hall–Kier alpha value is -2.36. The van der Waals surface area contributed by atoms with E-state index in [1.165, 1.54) is 4.88 Å². The van der Waals surface area contributed by atoms with Crippen LogP contribution in [0.1, 0.15) is 22.0 Å². The van der Waals surface area contributed by atoms with Crippen LogP contribution in [0, 0.1) is 18.3 Å². The zero-order chi connectivity index (χ0) is 16.8. The monoisotopic (exact) mass is 328 g/mol. The van der Waals surface area contributed by atoms with Gasteiger partial charge in [-0.1, -0.05) is 12.1 Å². The maximum Gasteiger partial charge on any atom is 0.319 e. The molecule has 1 atom stereocenters. The molecule has 0 aliphatic heterocycles. The van der Waals surface area contributed by atoms with Gasteiger partial charge in [-0.05, 0) is 50.2 Å². The van der Waals surface area contributed by atoms with Gasteiger partial charge >= 0.3 is 6.03 Å². The highest BCUT2D eigenvalue weighted by molar-refractivity contribution is 7.10. The van der Waals surface area contributed by atoms with Gasteiger partial charge in [0.2, 0.25) is 0 Å². The van der Waals surface area contributed by atoms with Crippen LogP contribution in [0.15, 0.2) is 35.7 Å². The predicted molar refractivity (Wildman–Crippen MR) is 93.7 cm³/mol. The second-order valence-corrected chi connectivity index (χ2v) is 6.45. The van der Waals surface area contributed by atoms with E-state index in [4.69, 9.17) is 5.26 Å². The van der Waals surface area contributed by atoms with Gasteiger partial charge in [0.15, 0.2) is 0 Å². The number of hydrogen-bond donors (Lipinski definition) is 2. The molecule has 0 aliphatic rings. The van der Waals surface area contributed by atoms with Crippen LogP contribution in [0.4, 0.5) is 10.5 Å². The molecule has 2 rings (SSSR count). The molecule has 1 aromatic heterocycles. The lowest BCUT2D eigenvalue weighted by molar-refractivity contribution is 0.244. The summed E-state index contributed by atoms with van der Waals surface area (Å²) < 4.78 is 0. The molecule has 2 aromatic rings. The average molecular weight is 328 g/mol. The molecule has 5 nitrogen and oxygen atoms in total. The van der Waals surface area contributed by atoms with Crippen molar-refractivity contribution in [3.63, 3.8) is 0 Å². The maximum absolute atomic E-state index is 12.1. The topological polar surface area (TPSA) is 68.2 Å². The highest BCUT2D eigenvalue weighted by atomic mass is 32.1. The normalized spacial score (nSPS) is 11.8. The number of nitrogens with one attached hydrogen (secondary N) is 2. The van der Waals surface area contributed by atoms with E-state index >= 15 is 0 Å². The van der Waals surface area contributed by atoms with Gasteiger partial charge in [0.25, 0.3) is 0 Å². The molecule has 0 unspecified atom stereocenters. The van der Waals surface area contributed by atoms with E-state index in [1.807, 2.05) is 38.5 Å². The van der Waals surface area contributed by atoms with Crippen molar-refractivity contribution >= 4 is 23.1 Å². The van der Waals surface area contributed by atoms with Crippen molar-refractivity contribution in [2.45, 2.75) is 13.0 Å². The number of aryl methyl sites for hydroxylation is 1. The third kappa shape index (κ3) is 4.55. The summed E-state index contributed by atoms with van der Waals surface area (Å²) >= 11 is 1.67. The molecular formula is C17H20N4OS. The van der Waals surface area contributed by atoms with Crippen molar-refractivity contribution in [1.82, 2.24) is 10.2 Å². The van der Waals surface area contributed by atoms with Crippen LogP contribution >= 0.6 is 11.3 Å². The van der Waals surface area contributed by atoms with Gasteiger partial charge in [-0.15, -0.1) is 11.3 Å². The minimum atomic E-state index is -0.272. The molecule has 0 radical (unpaired) electrons. The molecule has 0 bridgehead atoms. The second kappa shape index (κ2) is 7.77. The van der Waals surface area contributed by atoms with Gasteiger partial charge in [-0.2, -0.15) is 5.26 Å². The van der Waals surface area contributed by atoms with E-state index in [2.05, 4.69) is 27.7 Å². The van der Waals surface area contributed by atoms with Crippen LogP contribution in [-0.4, -0.2) is 31.6 Å². The molecule has 0 spiro atoms. The number of anilines is 1. The Morgan fingerprint density at radius 1 is 1.39 bits per heavy atom. The lowest BCUT2D eigenvalue weighted by Crippen LogP contribution is -2.36. The molecule has 0 saturated heterocycles. The first kappa shape index (κ1) is 17.0. The number of nitriles is 1. The molecule has 0 aliphatic carbocycles. The predicted octanol–water partition coefficient (Wildman–Crippen LogP) is 3.35. The summed E-state index contributed by atoms with van der Waals surface area (Å²) in [6, 6.07) is 11.2. The summed E-state index contributed by atoms with van der Waals surface area (Å²) in [6.07, 6.45) is 0. The fraction of sp³-hybridized carbons (Fsp3) is 0.294. The molecule has 2 N–H and O–H groups in total. The smallest absolute Gasteiger partial charge is 0.319 e. The van der Waals surface area contributed by atoms with Crippen molar-refractivity contribution in [3.8, 4) is 6.07 Å². The van der Waals surface area contributed by atoms with Gasteiger partial charge in [-0.25, -0.2) is 4.79 Å². The second-order valence-electron chi connectivity index (χ2n) is 5.47. The third-order valence-corrected chi connectivity index (χ3v) is 4.54. The Morgan fingerprint density at radius 3 is 2.78 bits per heavy atom. The number of rotatable bonds is 5. The molecule has 23 heavy (non-hydrogen) atoms. The number of hydrogen-bond acceptors (Lipinski definition) is 4. The van der Waals surface area contributed by atoms with Gasteiger partial charge in [0.1, 0.15) is 0 Å². The number of amides is 2. The van der Waals surface area contributed by atoms with Crippen molar-refractivity contribution in [1.29, 1.82) is 5.26 Å². The first-order chi connectivity index (χ1) is 11.0. The molecule has 120 valence electrons. The quantitative estimate of drug-likeness (QED) is 0.884. The van der Waals surface area contributed by atoms with Crippen LogP contribution < -0.4 is 10.6 Å². The third-order valence-electron chi connectivity index (χ3n) is 3.57. The van der Waals surface area contributed by atoms with Crippen molar-refractivity contribution in [2.75, 3.05) is 26.0 Å². The highest BCUT2D eigenvalue weighted by Gasteiger charge is 2.16. The summed E-state index contributed by atoms with van der Waals surface area (Å²) in [5.74, 6) is 0. The Balaban J connectivity index is 1.98. The van der Waals surface area contributed by atoms with E-state index in [9.17, 15) is 4.79 Å². The largest absolute Gasteiger partial charge is 0.336 e. The number of nitrogens with zero attached hydrogens (tertiary/aromatic N) is 2. The van der Waals surface area contributed by atoms with Crippen molar-refractivity contribution in [2.24, 2.45) is 0 Å². The van der Waals surface area contributed by atoms with E-state index < -0.39 is 0 Å². The van der Waals surface area contributed by atoms with Crippen molar-refractivity contribution in [3.05, 3.63) is 51.7 Å². The summed E-state index contributed by atoms with van der Waals surface area (Å²) in [5, 5.41) is 16.7. The minimum Gasteiger partial charge on any atom is -0.336 e. The molecule has 1 aromatic carbocycles. The van der Waals surface area contributed by atoms with Gasteiger partial charge in [0.05, 0.1) is 17.7 Å². The standard InChI is InChI=1S/C17H20N4OS/c1-12-6-7-13(10-18)9-14(12)20-17(22)19-11-15(21(2)3)16-5-4-8-23-16/h4-9,15H,11H2,1-3H3,(H2,19,20,22)/t15-/m1/s1. The van der Waals surface area contributed by atoms with E-state index in [1.54, 1.807) is 23.5 Å². The van der Waals surface area contributed by atoms with Crippen LogP contribution in [-0.2, 0) is 0 Å². The lowest BCUT2D eigenvalue weighted by Gasteiger charge is -2.23. The molecule has 1 heterocycles. The molecular weight excluding hydrogens is 308 g/mol. The minimum absolute atomic E-state index is 0.132. The first-order valence-corrected chi connectivity index (χ1v) is 8.14. The van der Waals surface area contributed by atoms with Crippen LogP contribution in [0.2, 0.25) is 0 Å². The average Bonchev–Trinajstić information content (AvgIpc) is 3.03. The molecule has 2 amide bonds. The Bertz CT molecular complexity index is 704. The number of benzene rings is 1. The van der Waals surface area contributed by atoms with Gasteiger partial charge < -0.3 is 15.5 Å². The number of likely N-dealkylation sites (N-methyl/N-ethyl adjacent to an activating group) is 1. The van der Waals surface area contributed by atoms with E-state index in [-0.39, 0.29) is 12.1 Å². The van der Waals surface area contributed by atoms with E-state index in [0.717, 1.165) is 5.56 Å². The first-order valence-electron chi connectivity index (χ1n) is 7.26. The Labute approximate surface area is 140 Å². The number of carbonyl (C=O) groups is 1. The van der Waals surface area contributed by atoms with Crippen LogP contribution in [0.25, 0.3) is 0 Å². The number of urea groups is 1. The van der Waals surface area contributed by atoms with E-state index in [0.29, 0.717) is 17.8 Å². The fourth-order valence-corrected chi connectivity index (χ4v) is 3.12. The van der Waals surface area contributed by atoms with Gasteiger partial charge in [-0.3, -0.25) is 0 Å². The summed E-state index contributed by atoms with van der Waals surface area (Å²) in [4.78, 5) is 15.4. The van der Waals surface area contributed by atoms with Crippen LogP contribution in [0.5, 0.6) is 0 Å². The number of carbonyl (C=O) groups excluding carboxylic acids is 1. The zero-order valence-electron chi connectivity index (χ0n) is 13.5. The fourth-order valence-electron chi connectivity index (χ4n) is 2.20. The highest BCUT2D eigenvalue weighted by Crippen LogP contribution is 2.22. The molecule has 0 saturated carbocycles. The van der Waals surface area contributed by atoms with Crippen LogP contribution in [0.3, 0.4) is 0 Å². The number of thiophene rings is 1.